The van der Waals surface area contributed by atoms with Crippen LogP contribution in [-0.2, 0) is 19.3 Å². The van der Waals surface area contributed by atoms with Crippen LogP contribution in [0.25, 0.3) is 0 Å². The molecule has 0 aromatic heterocycles. The Morgan fingerprint density at radius 2 is 1.94 bits per heavy atom. The van der Waals surface area contributed by atoms with E-state index in [1.807, 2.05) is 0 Å². The standard InChI is InChI=1S/C15H23N/c1-3-16-12(2)10-13-8-9-14-6-4-5-7-15(14)11-13/h8-9,11-12,16H,3-7,10H2,1-2H3. The maximum atomic E-state index is 3.47. The molecule has 0 bridgehead atoms. The second kappa shape index (κ2) is 5.49. The number of hydrogen-bond donors (Lipinski definition) is 1. The molecule has 1 aromatic carbocycles. The van der Waals surface area contributed by atoms with Crippen molar-refractivity contribution in [3.63, 3.8) is 0 Å². The van der Waals surface area contributed by atoms with Crippen molar-refractivity contribution in [2.24, 2.45) is 0 Å². The molecule has 0 amide bonds. The SMILES string of the molecule is CCNC(C)Cc1ccc2c(c1)CCCC2. The van der Waals surface area contributed by atoms with Crippen LogP contribution >= 0.6 is 0 Å². The normalized spacial score (nSPS) is 16.9. The van der Waals surface area contributed by atoms with E-state index in [9.17, 15) is 0 Å². The maximum absolute atomic E-state index is 3.47. The molecule has 0 fully saturated rings. The molecule has 2 rings (SSSR count). The highest BCUT2D eigenvalue weighted by molar-refractivity contribution is 5.34. The molecule has 0 spiro atoms. The molecule has 1 aliphatic carbocycles. The lowest BCUT2D eigenvalue weighted by Gasteiger charge is -2.18. The van der Waals surface area contributed by atoms with Crippen LogP contribution in [0.4, 0.5) is 0 Å². The lowest BCUT2D eigenvalue weighted by Crippen LogP contribution is -2.27. The largest absolute Gasteiger partial charge is 0.314 e. The molecule has 1 aliphatic rings. The van der Waals surface area contributed by atoms with Crippen LogP contribution in [0.5, 0.6) is 0 Å². The molecule has 1 unspecified atom stereocenters. The van der Waals surface area contributed by atoms with Crippen molar-refractivity contribution in [2.75, 3.05) is 6.54 Å². The molecular formula is C15H23N. The number of fused-ring (bicyclic) bond motifs is 1. The quantitative estimate of drug-likeness (QED) is 0.817. The number of nitrogens with one attached hydrogen (secondary N) is 1. The molecule has 0 saturated heterocycles. The van der Waals surface area contributed by atoms with E-state index in [0.717, 1.165) is 13.0 Å². The van der Waals surface area contributed by atoms with Gasteiger partial charge in [0.1, 0.15) is 0 Å². The number of hydrogen-bond acceptors (Lipinski definition) is 1. The van der Waals surface area contributed by atoms with E-state index < -0.39 is 0 Å². The molecule has 1 atom stereocenters. The van der Waals surface area contributed by atoms with Crippen LogP contribution in [-0.4, -0.2) is 12.6 Å². The predicted octanol–water partition coefficient (Wildman–Crippen LogP) is 3.11. The van der Waals surface area contributed by atoms with E-state index in [1.165, 1.54) is 31.2 Å². The van der Waals surface area contributed by atoms with Gasteiger partial charge in [-0.3, -0.25) is 0 Å². The van der Waals surface area contributed by atoms with Crippen molar-refractivity contribution < 1.29 is 0 Å². The Morgan fingerprint density at radius 1 is 1.19 bits per heavy atom. The van der Waals surface area contributed by atoms with Crippen LogP contribution in [0.3, 0.4) is 0 Å². The van der Waals surface area contributed by atoms with Gasteiger partial charge in [0.15, 0.2) is 0 Å². The summed E-state index contributed by atoms with van der Waals surface area (Å²) in [6.45, 7) is 5.50. The Bertz CT molecular complexity index is 343. The summed E-state index contributed by atoms with van der Waals surface area (Å²) in [6.07, 6.45) is 6.48. The van der Waals surface area contributed by atoms with Crippen molar-refractivity contribution in [1.82, 2.24) is 5.32 Å². The summed E-state index contributed by atoms with van der Waals surface area (Å²) < 4.78 is 0. The van der Waals surface area contributed by atoms with Crippen molar-refractivity contribution in [3.05, 3.63) is 34.9 Å². The van der Waals surface area contributed by atoms with Crippen molar-refractivity contribution >= 4 is 0 Å². The highest BCUT2D eigenvalue weighted by atomic mass is 14.9. The van der Waals surface area contributed by atoms with Crippen LogP contribution in [0, 0.1) is 0 Å². The lowest BCUT2D eigenvalue weighted by molar-refractivity contribution is 0.564. The fraction of sp³-hybridized carbons (Fsp3) is 0.600. The van der Waals surface area contributed by atoms with Crippen LogP contribution < -0.4 is 5.32 Å². The molecule has 1 nitrogen and oxygen atoms in total. The van der Waals surface area contributed by atoms with Crippen LogP contribution in [0.1, 0.15) is 43.4 Å². The first-order chi connectivity index (χ1) is 7.79. The number of aryl methyl sites for hydroxylation is 2. The predicted molar refractivity (Wildman–Crippen MR) is 69.9 cm³/mol. The maximum Gasteiger partial charge on any atom is 0.00790 e. The summed E-state index contributed by atoms with van der Waals surface area (Å²) in [5.74, 6) is 0. The molecule has 0 saturated carbocycles. The van der Waals surface area contributed by atoms with Gasteiger partial charge >= 0.3 is 0 Å². The molecule has 1 N–H and O–H groups in total. The van der Waals surface area contributed by atoms with Gasteiger partial charge in [-0.05, 0) is 62.3 Å². The second-order valence-electron chi connectivity index (χ2n) is 4.97. The molecule has 16 heavy (non-hydrogen) atoms. The van der Waals surface area contributed by atoms with E-state index >= 15 is 0 Å². The monoisotopic (exact) mass is 217 g/mol. The van der Waals surface area contributed by atoms with E-state index in [2.05, 4.69) is 37.4 Å². The number of likely N-dealkylation sites (N-methyl/N-ethyl adjacent to an activating group) is 1. The van der Waals surface area contributed by atoms with Gasteiger partial charge in [0.2, 0.25) is 0 Å². The molecule has 1 aromatic rings. The van der Waals surface area contributed by atoms with Crippen LogP contribution in [0.15, 0.2) is 18.2 Å². The Balaban J connectivity index is 2.05. The van der Waals surface area contributed by atoms with E-state index in [0.29, 0.717) is 6.04 Å². The van der Waals surface area contributed by atoms with Gasteiger partial charge in [-0.15, -0.1) is 0 Å². The lowest BCUT2D eigenvalue weighted by atomic mass is 9.89. The summed E-state index contributed by atoms with van der Waals surface area (Å²) in [6, 6.07) is 7.69. The zero-order valence-corrected chi connectivity index (χ0v) is 10.6. The minimum Gasteiger partial charge on any atom is -0.314 e. The molecular weight excluding hydrogens is 194 g/mol. The van der Waals surface area contributed by atoms with E-state index in [-0.39, 0.29) is 0 Å². The zero-order valence-electron chi connectivity index (χ0n) is 10.6. The smallest absolute Gasteiger partial charge is 0.00790 e. The zero-order chi connectivity index (χ0) is 11.4. The van der Waals surface area contributed by atoms with Gasteiger partial charge in [0, 0.05) is 6.04 Å². The molecule has 1 heteroatoms. The summed E-state index contributed by atoms with van der Waals surface area (Å²) in [4.78, 5) is 0. The average molecular weight is 217 g/mol. The molecule has 88 valence electrons. The van der Waals surface area contributed by atoms with Gasteiger partial charge < -0.3 is 5.32 Å². The van der Waals surface area contributed by atoms with Crippen molar-refractivity contribution in [3.8, 4) is 0 Å². The Kier molecular flexibility index (Phi) is 4.00. The van der Waals surface area contributed by atoms with Crippen molar-refractivity contribution in [2.45, 2.75) is 52.0 Å². The summed E-state index contributed by atoms with van der Waals surface area (Å²) in [5.41, 5.74) is 4.69. The highest BCUT2D eigenvalue weighted by Crippen LogP contribution is 2.22. The highest BCUT2D eigenvalue weighted by Gasteiger charge is 2.10. The number of rotatable bonds is 4. The second-order valence-corrected chi connectivity index (χ2v) is 4.97. The first kappa shape index (κ1) is 11.7. The molecule has 0 radical (unpaired) electrons. The third-order valence-electron chi connectivity index (χ3n) is 3.51. The minimum absolute atomic E-state index is 0.589. The third kappa shape index (κ3) is 2.85. The number of benzene rings is 1. The van der Waals surface area contributed by atoms with Gasteiger partial charge in [-0.25, -0.2) is 0 Å². The van der Waals surface area contributed by atoms with Crippen LogP contribution in [0.2, 0.25) is 0 Å². The van der Waals surface area contributed by atoms with Gasteiger partial charge in [-0.2, -0.15) is 0 Å². The average Bonchev–Trinajstić information content (AvgIpc) is 2.29. The van der Waals surface area contributed by atoms with Gasteiger partial charge in [0.25, 0.3) is 0 Å². The molecule has 0 heterocycles. The fourth-order valence-electron chi connectivity index (χ4n) is 2.69. The van der Waals surface area contributed by atoms with Crippen molar-refractivity contribution in [1.29, 1.82) is 0 Å². The van der Waals surface area contributed by atoms with Gasteiger partial charge in [-0.1, -0.05) is 25.1 Å². The topological polar surface area (TPSA) is 12.0 Å². The minimum atomic E-state index is 0.589. The Hall–Kier alpha value is -0.820. The van der Waals surface area contributed by atoms with E-state index in [1.54, 1.807) is 11.1 Å². The summed E-state index contributed by atoms with van der Waals surface area (Å²) in [7, 11) is 0. The Morgan fingerprint density at radius 3 is 2.69 bits per heavy atom. The third-order valence-corrected chi connectivity index (χ3v) is 3.51. The van der Waals surface area contributed by atoms with E-state index in [4.69, 9.17) is 0 Å². The summed E-state index contributed by atoms with van der Waals surface area (Å²) >= 11 is 0. The molecule has 0 aliphatic heterocycles. The first-order valence-electron chi connectivity index (χ1n) is 6.63. The summed E-state index contributed by atoms with van der Waals surface area (Å²) in [5, 5.41) is 3.47. The first-order valence-corrected chi connectivity index (χ1v) is 6.63. The fourth-order valence-corrected chi connectivity index (χ4v) is 2.69. The Labute approximate surface area is 99.3 Å². The van der Waals surface area contributed by atoms with Gasteiger partial charge in [0.05, 0.1) is 0 Å².